The van der Waals surface area contributed by atoms with Gasteiger partial charge in [-0.3, -0.25) is 4.31 Å². The molecule has 0 N–H and O–H groups in total. The average Bonchev–Trinajstić information content (AvgIpc) is 2.88. The summed E-state index contributed by atoms with van der Waals surface area (Å²) >= 11 is 0. The highest BCUT2D eigenvalue weighted by molar-refractivity contribution is 7.92. The van der Waals surface area contributed by atoms with Gasteiger partial charge in [0.2, 0.25) is 0 Å². The molecule has 0 unspecified atom stereocenters. The van der Waals surface area contributed by atoms with Gasteiger partial charge in [0.05, 0.1) is 17.1 Å². The van der Waals surface area contributed by atoms with Crippen molar-refractivity contribution in [3.05, 3.63) is 96.1 Å². The Kier molecular flexibility index (Phi) is 4.36. The van der Waals surface area contributed by atoms with E-state index in [1.165, 1.54) is 4.31 Å². The molecule has 0 spiro atoms. The molecule has 0 saturated carbocycles. The second kappa shape index (κ2) is 6.71. The van der Waals surface area contributed by atoms with Crippen molar-refractivity contribution in [2.45, 2.75) is 18.2 Å². The summed E-state index contributed by atoms with van der Waals surface area (Å²) < 4.78 is 28.7. The van der Waals surface area contributed by atoms with Crippen molar-refractivity contribution in [3.8, 4) is 0 Å². The number of hydrogen-bond donors (Lipinski definition) is 0. The summed E-state index contributed by atoms with van der Waals surface area (Å²) in [7, 11) is -3.71. The summed E-state index contributed by atoms with van der Waals surface area (Å²) in [5.41, 5.74) is 3.70. The van der Waals surface area contributed by atoms with Crippen LogP contribution in [0.1, 0.15) is 11.1 Å². The van der Waals surface area contributed by atoms with Gasteiger partial charge in [0.1, 0.15) is 0 Å². The van der Waals surface area contributed by atoms with E-state index in [0.717, 1.165) is 33.2 Å². The summed E-state index contributed by atoms with van der Waals surface area (Å²) in [6.07, 6.45) is 4.48. The van der Waals surface area contributed by atoms with Gasteiger partial charge in [-0.2, -0.15) is 0 Å². The Morgan fingerprint density at radius 3 is 2.48 bits per heavy atom. The molecule has 136 valence electrons. The Morgan fingerprint density at radius 2 is 1.74 bits per heavy atom. The van der Waals surface area contributed by atoms with Crippen LogP contribution in [0.2, 0.25) is 0 Å². The number of sulfonamides is 1. The van der Waals surface area contributed by atoms with E-state index in [2.05, 4.69) is 18.7 Å². The van der Waals surface area contributed by atoms with Crippen molar-refractivity contribution in [2.75, 3.05) is 10.8 Å². The molecule has 0 fully saturated rings. The standard InChI is InChI=1S/C23H21NO2S/c1-3-18-10-11-20-13-12-19-6-4-5-7-22(19)23(20)24(16-18)27(25,26)21-14-8-17(2)9-15-21/h3-10,12-15H,1,11,16H2,2H3. The SMILES string of the molecule is C=CC1=CCc2ccc3ccccc3c2N(S(=O)(=O)c2ccc(C)cc2)C1. The highest BCUT2D eigenvalue weighted by atomic mass is 32.2. The molecule has 4 heteroatoms. The molecule has 0 aliphatic carbocycles. The van der Waals surface area contributed by atoms with Crippen molar-refractivity contribution in [1.29, 1.82) is 0 Å². The molecule has 0 aromatic heterocycles. The van der Waals surface area contributed by atoms with Crippen LogP contribution < -0.4 is 4.31 Å². The Balaban J connectivity index is 1.98. The Hall–Kier alpha value is -2.85. The van der Waals surface area contributed by atoms with Crippen LogP contribution in [0.15, 0.2) is 89.9 Å². The zero-order valence-corrected chi connectivity index (χ0v) is 16.0. The third-order valence-electron chi connectivity index (χ3n) is 5.02. The van der Waals surface area contributed by atoms with Crippen LogP contribution in [0.4, 0.5) is 5.69 Å². The van der Waals surface area contributed by atoms with Gasteiger partial charge >= 0.3 is 0 Å². The average molecular weight is 375 g/mol. The summed E-state index contributed by atoms with van der Waals surface area (Å²) in [4.78, 5) is 0.303. The number of anilines is 1. The lowest BCUT2D eigenvalue weighted by atomic mass is 10.0. The largest absolute Gasteiger partial charge is 0.264 e. The third-order valence-corrected chi connectivity index (χ3v) is 6.77. The number of rotatable bonds is 3. The summed E-state index contributed by atoms with van der Waals surface area (Å²) in [6, 6.07) is 19.0. The van der Waals surface area contributed by atoms with E-state index >= 15 is 0 Å². The minimum Gasteiger partial charge on any atom is -0.261 e. The molecule has 0 amide bonds. The Morgan fingerprint density at radius 1 is 1.00 bits per heavy atom. The van der Waals surface area contributed by atoms with E-state index in [0.29, 0.717) is 11.3 Å². The molecule has 0 saturated heterocycles. The molecule has 3 nitrogen and oxygen atoms in total. The van der Waals surface area contributed by atoms with Crippen LogP contribution in [0.25, 0.3) is 10.8 Å². The fraction of sp³-hybridized carbons (Fsp3) is 0.130. The van der Waals surface area contributed by atoms with Crippen LogP contribution in [-0.4, -0.2) is 15.0 Å². The van der Waals surface area contributed by atoms with Gasteiger partial charge in [0.15, 0.2) is 0 Å². The van der Waals surface area contributed by atoms with E-state index in [4.69, 9.17) is 0 Å². The minimum atomic E-state index is -3.71. The normalized spacial score (nSPS) is 14.4. The molecule has 1 heterocycles. The predicted octanol–water partition coefficient (Wildman–Crippen LogP) is 5.01. The number of benzene rings is 3. The summed E-state index contributed by atoms with van der Waals surface area (Å²) in [6.45, 7) is 6.09. The molecule has 3 aromatic rings. The molecule has 0 radical (unpaired) electrons. The molecule has 4 rings (SSSR count). The molecule has 27 heavy (non-hydrogen) atoms. The van der Waals surface area contributed by atoms with E-state index < -0.39 is 10.0 Å². The lowest BCUT2D eigenvalue weighted by Crippen LogP contribution is -2.33. The number of nitrogens with zero attached hydrogens (tertiary/aromatic N) is 1. The van der Waals surface area contributed by atoms with Crippen molar-refractivity contribution in [3.63, 3.8) is 0 Å². The fourth-order valence-electron chi connectivity index (χ4n) is 3.50. The topological polar surface area (TPSA) is 37.4 Å². The minimum absolute atomic E-state index is 0.278. The molecular formula is C23H21NO2S. The molecule has 3 aromatic carbocycles. The smallest absolute Gasteiger partial charge is 0.261 e. The molecule has 1 aliphatic heterocycles. The highest BCUT2D eigenvalue weighted by Gasteiger charge is 2.29. The highest BCUT2D eigenvalue weighted by Crippen LogP contribution is 2.37. The summed E-state index contributed by atoms with van der Waals surface area (Å²) in [5.74, 6) is 0. The Labute approximate surface area is 160 Å². The first-order chi connectivity index (χ1) is 13.0. The fourth-order valence-corrected chi connectivity index (χ4v) is 5.01. The second-order valence-electron chi connectivity index (χ2n) is 6.81. The zero-order chi connectivity index (χ0) is 19.0. The van der Waals surface area contributed by atoms with Gasteiger partial charge in [0.25, 0.3) is 10.0 Å². The van der Waals surface area contributed by atoms with Crippen molar-refractivity contribution in [2.24, 2.45) is 0 Å². The van der Waals surface area contributed by atoms with E-state index in [1.54, 1.807) is 18.2 Å². The lowest BCUT2D eigenvalue weighted by molar-refractivity contribution is 0.592. The first-order valence-corrected chi connectivity index (χ1v) is 10.4. The number of hydrogen-bond acceptors (Lipinski definition) is 2. The van der Waals surface area contributed by atoms with Gasteiger partial charge in [-0.15, -0.1) is 0 Å². The van der Waals surface area contributed by atoms with Crippen LogP contribution in [0.5, 0.6) is 0 Å². The maximum atomic E-state index is 13.6. The summed E-state index contributed by atoms with van der Waals surface area (Å²) in [5, 5.41) is 1.98. The Bertz CT molecular complexity index is 1160. The maximum absolute atomic E-state index is 13.6. The third kappa shape index (κ3) is 3.06. The second-order valence-corrected chi connectivity index (χ2v) is 8.67. The van der Waals surface area contributed by atoms with Crippen molar-refractivity contribution < 1.29 is 8.42 Å². The van der Waals surface area contributed by atoms with E-state index in [9.17, 15) is 8.42 Å². The van der Waals surface area contributed by atoms with Crippen LogP contribution in [-0.2, 0) is 16.4 Å². The van der Waals surface area contributed by atoms with Crippen LogP contribution in [0, 0.1) is 6.92 Å². The first-order valence-electron chi connectivity index (χ1n) is 8.92. The molecule has 0 atom stereocenters. The van der Waals surface area contributed by atoms with Crippen LogP contribution >= 0.6 is 0 Å². The predicted molar refractivity (Wildman–Crippen MR) is 112 cm³/mol. The van der Waals surface area contributed by atoms with E-state index in [1.807, 2.05) is 49.4 Å². The number of allylic oxidation sites excluding steroid dienone is 1. The van der Waals surface area contributed by atoms with Gasteiger partial charge in [-0.1, -0.05) is 72.8 Å². The van der Waals surface area contributed by atoms with Crippen LogP contribution in [0.3, 0.4) is 0 Å². The monoisotopic (exact) mass is 375 g/mol. The van der Waals surface area contributed by atoms with Crippen molar-refractivity contribution >= 4 is 26.5 Å². The molecular weight excluding hydrogens is 354 g/mol. The first kappa shape index (κ1) is 17.6. The van der Waals surface area contributed by atoms with Gasteiger partial charge in [-0.25, -0.2) is 8.42 Å². The van der Waals surface area contributed by atoms with Gasteiger partial charge < -0.3 is 0 Å². The number of fused-ring (bicyclic) bond motifs is 3. The molecule has 1 aliphatic rings. The molecule has 0 bridgehead atoms. The van der Waals surface area contributed by atoms with Gasteiger partial charge in [0, 0.05) is 5.39 Å². The lowest BCUT2D eigenvalue weighted by Gasteiger charge is -2.27. The van der Waals surface area contributed by atoms with Gasteiger partial charge in [-0.05, 0) is 42.0 Å². The zero-order valence-electron chi connectivity index (χ0n) is 15.2. The quantitative estimate of drug-likeness (QED) is 0.645. The number of aryl methyl sites for hydroxylation is 1. The van der Waals surface area contributed by atoms with E-state index in [-0.39, 0.29) is 6.54 Å². The van der Waals surface area contributed by atoms with Crippen molar-refractivity contribution in [1.82, 2.24) is 0 Å². The maximum Gasteiger partial charge on any atom is 0.264 e.